The molecule has 3 atom stereocenters. The van der Waals surface area contributed by atoms with Crippen LogP contribution in [0.4, 0.5) is 19.0 Å². The maximum absolute atomic E-state index is 14.1. The van der Waals surface area contributed by atoms with Gasteiger partial charge < -0.3 is 24.4 Å². The van der Waals surface area contributed by atoms with Crippen LogP contribution in [0, 0.1) is 5.82 Å². The fourth-order valence-electron chi connectivity index (χ4n) is 2.08. The van der Waals surface area contributed by atoms with Gasteiger partial charge in [0, 0.05) is 6.42 Å². The number of rotatable bonds is 6. The third-order valence-corrected chi connectivity index (χ3v) is 4.01. The van der Waals surface area contributed by atoms with Crippen LogP contribution in [0.3, 0.4) is 0 Å². The first-order valence-corrected chi connectivity index (χ1v) is 8.09. The predicted octanol–water partition coefficient (Wildman–Crippen LogP) is 1.55. The smallest absolute Gasteiger partial charge is 0.352 e. The summed E-state index contributed by atoms with van der Waals surface area (Å²) in [6.07, 6.45) is -3.72. The molecule has 0 radical (unpaired) electrons. The van der Waals surface area contributed by atoms with Crippen molar-refractivity contribution in [3.8, 4) is 0 Å². The maximum atomic E-state index is 14.1. The Hall–Kier alpha value is -1.26. The van der Waals surface area contributed by atoms with Crippen molar-refractivity contribution in [3.05, 3.63) is 22.5 Å². The molecule has 24 heavy (non-hydrogen) atoms. The average molecular weight is 371 g/mol. The lowest BCUT2D eigenvalue weighted by Crippen LogP contribution is -2.35. The zero-order valence-electron chi connectivity index (χ0n) is 12.9. The number of halogens is 3. The minimum absolute atomic E-state index is 0.304. The van der Waals surface area contributed by atoms with E-state index in [-0.39, 0.29) is 12.7 Å². The number of aromatic nitrogens is 2. The van der Waals surface area contributed by atoms with E-state index in [2.05, 4.69) is 4.98 Å². The lowest BCUT2D eigenvalue weighted by molar-refractivity contribution is -0.120. The molecule has 1 aromatic heterocycles. The molecule has 0 aliphatic carbocycles. The summed E-state index contributed by atoms with van der Waals surface area (Å²) in [6, 6.07) is 0. The largest absolute Gasteiger partial charge is 0.381 e. The summed E-state index contributed by atoms with van der Waals surface area (Å²) in [5, 5.41) is 0. The minimum atomic E-state index is -3.46. The molecule has 0 saturated carbocycles. The van der Waals surface area contributed by atoms with E-state index in [0.717, 1.165) is 0 Å². The van der Waals surface area contributed by atoms with Crippen molar-refractivity contribution in [1.29, 1.82) is 0 Å². The van der Waals surface area contributed by atoms with Crippen LogP contribution in [0.2, 0.25) is 0 Å². The monoisotopic (exact) mass is 371 g/mol. The van der Waals surface area contributed by atoms with Crippen molar-refractivity contribution in [1.82, 2.24) is 9.55 Å². The molecule has 2 rings (SSSR count). The molecule has 8 nitrogen and oxygen atoms in total. The zero-order valence-corrected chi connectivity index (χ0v) is 13.8. The van der Waals surface area contributed by atoms with Crippen LogP contribution in [0.15, 0.2) is 11.0 Å². The lowest BCUT2D eigenvalue weighted by Gasteiger charge is -2.20. The average Bonchev–Trinajstić information content (AvgIpc) is 2.75. The van der Waals surface area contributed by atoms with Crippen LogP contribution in [0.25, 0.3) is 0 Å². The summed E-state index contributed by atoms with van der Waals surface area (Å²) >= 11 is 0. The van der Waals surface area contributed by atoms with Gasteiger partial charge in [0.2, 0.25) is 6.23 Å². The van der Waals surface area contributed by atoms with Crippen molar-refractivity contribution < 1.29 is 31.8 Å². The Morgan fingerprint density at radius 3 is 2.92 bits per heavy atom. The zero-order chi connectivity index (χ0) is 18.1. The minimum Gasteiger partial charge on any atom is -0.381 e. The number of nitrogens with two attached hydrogens (primary N) is 1. The number of nitrogen functional groups attached to an aromatic ring is 1. The Morgan fingerprint density at radius 2 is 2.29 bits per heavy atom. The number of hydrogen-bond acceptors (Lipinski definition) is 7. The number of ether oxygens (including phenoxy) is 1. The molecule has 1 aliphatic heterocycles. The summed E-state index contributed by atoms with van der Waals surface area (Å²) in [5.41, 5.74) is 3.96. The topological polar surface area (TPSA) is 109 Å². The maximum Gasteiger partial charge on any atom is 0.352 e. The van der Waals surface area contributed by atoms with Gasteiger partial charge in [-0.2, -0.15) is 4.98 Å². The molecule has 2 heterocycles. The van der Waals surface area contributed by atoms with E-state index in [0.29, 0.717) is 10.8 Å². The first-order valence-electron chi connectivity index (χ1n) is 6.96. The Kier molecular flexibility index (Phi) is 5.82. The van der Waals surface area contributed by atoms with Crippen LogP contribution >= 0.6 is 8.60 Å². The molecule has 1 aromatic rings. The van der Waals surface area contributed by atoms with Gasteiger partial charge in [-0.15, -0.1) is 0 Å². The number of alkyl halides is 2. The van der Waals surface area contributed by atoms with Gasteiger partial charge in [-0.25, -0.2) is 18.0 Å². The normalized spacial score (nSPS) is 24.5. The van der Waals surface area contributed by atoms with E-state index in [1.54, 1.807) is 13.8 Å². The molecule has 1 saturated heterocycles. The molecular weight excluding hydrogens is 354 g/mol. The molecule has 0 spiro atoms. The molecule has 3 N–H and O–H groups in total. The highest BCUT2D eigenvalue weighted by atomic mass is 31.2. The van der Waals surface area contributed by atoms with Gasteiger partial charge in [0.1, 0.15) is 0 Å². The quantitative estimate of drug-likeness (QED) is 0.730. The Balaban J connectivity index is 2.08. The molecule has 12 heteroatoms. The third kappa shape index (κ3) is 4.42. The van der Waals surface area contributed by atoms with Crippen molar-refractivity contribution in [3.63, 3.8) is 0 Å². The van der Waals surface area contributed by atoms with Gasteiger partial charge in [-0.1, -0.05) is 0 Å². The number of anilines is 1. The van der Waals surface area contributed by atoms with Gasteiger partial charge in [-0.3, -0.25) is 4.57 Å². The van der Waals surface area contributed by atoms with E-state index in [1.165, 1.54) is 0 Å². The number of hydrogen-bond donors (Lipinski definition) is 2. The van der Waals surface area contributed by atoms with Crippen molar-refractivity contribution >= 4 is 14.4 Å². The third-order valence-electron chi connectivity index (χ3n) is 3.04. The summed E-state index contributed by atoms with van der Waals surface area (Å²) in [6.45, 7) is 2.96. The van der Waals surface area contributed by atoms with Crippen molar-refractivity contribution in [2.75, 3.05) is 12.3 Å². The lowest BCUT2D eigenvalue weighted by atomic mass is 10.2. The summed E-state index contributed by atoms with van der Waals surface area (Å²) in [4.78, 5) is 24.2. The van der Waals surface area contributed by atoms with Crippen molar-refractivity contribution in [2.24, 2.45) is 0 Å². The first-order chi connectivity index (χ1) is 11.1. The summed E-state index contributed by atoms with van der Waals surface area (Å²) in [5.74, 6) is -5.26. The molecule has 136 valence electrons. The van der Waals surface area contributed by atoms with Gasteiger partial charge in [-0.05, 0) is 13.8 Å². The van der Waals surface area contributed by atoms with Crippen molar-refractivity contribution in [2.45, 2.75) is 44.6 Å². The Labute approximate surface area is 136 Å². The highest BCUT2D eigenvalue weighted by Crippen LogP contribution is 2.43. The van der Waals surface area contributed by atoms with Crippen LogP contribution in [-0.4, -0.2) is 39.2 Å². The van der Waals surface area contributed by atoms with E-state index < -0.39 is 50.6 Å². The molecule has 1 aliphatic rings. The van der Waals surface area contributed by atoms with E-state index in [9.17, 15) is 22.9 Å². The molecule has 1 fully saturated rings. The highest BCUT2D eigenvalue weighted by molar-refractivity contribution is 7.40. The fourth-order valence-corrected chi connectivity index (χ4v) is 2.80. The van der Waals surface area contributed by atoms with Crippen LogP contribution in [0.1, 0.15) is 26.5 Å². The van der Waals surface area contributed by atoms with E-state index >= 15 is 0 Å². The van der Waals surface area contributed by atoms with E-state index in [4.69, 9.17) is 19.5 Å². The summed E-state index contributed by atoms with van der Waals surface area (Å²) < 4.78 is 56.9. The first kappa shape index (κ1) is 19.1. The van der Waals surface area contributed by atoms with Gasteiger partial charge in [0.05, 0.1) is 25.0 Å². The fraction of sp³-hybridized carbons (Fsp3) is 0.667. The molecule has 0 amide bonds. The standard InChI is InChI=1S/C12H17F3N3O5P/c1-6(2)23-24(20)21-5-7-3-12(14,15)10(22-7)18-4-8(13)9(16)17-11(18)19/h4,6-7,10,20H,3,5H2,1-2H3,(H2,16,17,19). The van der Waals surface area contributed by atoms with E-state index in [1.807, 2.05) is 0 Å². The van der Waals surface area contributed by atoms with Gasteiger partial charge in [0.15, 0.2) is 11.6 Å². The predicted molar refractivity (Wildman–Crippen MR) is 77.7 cm³/mol. The highest BCUT2D eigenvalue weighted by Gasteiger charge is 2.52. The van der Waals surface area contributed by atoms with Crippen LogP contribution in [-0.2, 0) is 13.8 Å². The number of nitrogens with zero attached hydrogens (tertiary/aromatic N) is 2. The second kappa shape index (κ2) is 7.32. The SMILES string of the molecule is CC(C)OP(O)OCC1CC(F)(F)C(n2cc(F)c(N)nc2=O)O1. The molecule has 3 unspecified atom stereocenters. The van der Waals surface area contributed by atoms with Crippen LogP contribution < -0.4 is 11.4 Å². The van der Waals surface area contributed by atoms with Gasteiger partial charge >= 0.3 is 14.3 Å². The second-order valence-corrected chi connectivity index (χ2v) is 6.37. The molecule has 0 aromatic carbocycles. The summed E-state index contributed by atoms with van der Waals surface area (Å²) in [7, 11) is -2.23. The second-order valence-electron chi connectivity index (χ2n) is 5.43. The van der Waals surface area contributed by atoms with Crippen LogP contribution in [0.5, 0.6) is 0 Å². The van der Waals surface area contributed by atoms with Gasteiger partial charge in [0.25, 0.3) is 5.92 Å². The molecule has 0 bridgehead atoms. The molecular formula is C12H17F3N3O5P. The Morgan fingerprint density at radius 1 is 1.62 bits per heavy atom. The Bertz CT molecular complexity index is 645.